The van der Waals surface area contributed by atoms with Crippen molar-refractivity contribution in [2.75, 3.05) is 26.2 Å². The van der Waals surface area contributed by atoms with Gasteiger partial charge in [0.2, 0.25) is 5.91 Å². The predicted octanol–water partition coefficient (Wildman–Crippen LogP) is 1.77. The normalized spacial score (nSPS) is 26.6. The molecule has 2 aliphatic heterocycles. The van der Waals surface area contributed by atoms with Crippen LogP contribution in [0.2, 0.25) is 0 Å². The lowest BCUT2D eigenvalue weighted by atomic mass is 9.86. The molecule has 0 spiro atoms. The van der Waals surface area contributed by atoms with Gasteiger partial charge in [0.05, 0.1) is 0 Å². The highest BCUT2D eigenvalue weighted by molar-refractivity contribution is 5.91. The van der Waals surface area contributed by atoms with Crippen molar-refractivity contribution in [3.8, 4) is 0 Å². The van der Waals surface area contributed by atoms with Crippen LogP contribution in [-0.4, -0.2) is 37.0 Å². The van der Waals surface area contributed by atoms with E-state index in [4.69, 9.17) is 0 Å². The highest BCUT2D eigenvalue weighted by atomic mass is 16.2. The lowest BCUT2D eigenvalue weighted by molar-refractivity contribution is -0.129. The number of amides is 1. The molecule has 2 bridgehead atoms. The molecule has 2 saturated heterocycles. The van der Waals surface area contributed by atoms with Crippen molar-refractivity contribution in [2.24, 2.45) is 11.8 Å². The average molecular weight is 256 g/mol. The number of carbonyl (C=O) groups is 1. The van der Waals surface area contributed by atoms with Crippen molar-refractivity contribution in [3.63, 3.8) is 0 Å². The van der Waals surface area contributed by atoms with Gasteiger partial charge in [0.15, 0.2) is 0 Å². The molecule has 3 heteroatoms. The predicted molar refractivity (Wildman–Crippen MR) is 76.5 cm³/mol. The molecule has 0 aromatic heterocycles. The third kappa shape index (κ3) is 3.04. The van der Waals surface area contributed by atoms with Crippen LogP contribution in [0.15, 0.2) is 36.4 Å². The molecule has 100 valence electrons. The van der Waals surface area contributed by atoms with Gasteiger partial charge in [-0.25, -0.2) is 0 Å². The summed E-state index contributed by atoms with van der Waals surface area (Å²) in [6, 6.07) is 9.98. The van der Waals surface area contributed by atoms with Gasteiger partial charge in [0, 0.05) is 19.2 Å². The van der Waals surface area contributed by atoms with Gasteiger partial charge in [-0.05, 0) is 43.0 Å². The number of nitrogens with one attached hydrogen (secondary N) is 1. The number of benzene rings is 1. The van der Waals surface area contributed by atoms with Crippen LogP contribution in [0.1, 0.15) is 12.0 Å². The first-order chi connectivity index (χ1) is 9.31. The van der Waals surface area contributed by atoms with Crippen molar-refractivity contribution >= 4 is 12.0 Å². The zero-order chi connectivity index (χ0) is 13.1. The third-order valence-electron chi connectivity index (χ3n) is 4.02. The van der Waals surface area contributed by atoms with E-state index >= 15 is 0 Å². The largest absolute Gasteiger partial charge is 0.339 e. The summed E-state index contributed by atoms with van der Waals surface area (Å²) in [5, 5.41) is 3.45. The summed E-state index contributed by atoms with van der Waals surface area (Å²) < 4.78 is 0. The minimum absolute atomic E-state index is 0.153. The summed E-state index contributed by atoms with van der Waals surface area (Å²) >= 11 is 0. The molecule has 0 saturated carbocycles. The van der Waals surface area contributed by atoms with E-state index in [-0.39, 0.29) is 5.91 Å². The van der Waals surface area contributed by atoms with Crippen LogP contribution >= 0.6 is 0 Å². The van der Waals surface area contributed by atoms with Gasteiger partial charge in [-0.1, -0.05) is 30.3 Å². The molecule has 3 rings (SSSR count). The Kier molecular flexibility index (Phi) is 3.65. The van der Waals surface area contributed by atoms with Gasteiger partial charge in [-0.3, -0.25) is 4.79 Å². The second kappa shape index (κ2) is 5.57. The van der Waals surface area contributed by atoms with Crippen LogP contribution in [0.4, 0.5) is 0 Å². The zero-order valence-electron chi connectivity index (χ0n) is 11.1. The molecule has 2 fully saturated rings. The first-order valence-electron chi connectivity index (χ1n) is 7.04. The zero-order valence-corrected chi connectivity index (χ0v) is 11.1. The lowest BCUT2D eigenvalue weighted by Crippen LogP contribution is -2.52. The van der Waals surface area contributed by atoms with Crippen molar-refractivity contribution in [2.45, 2.75) is 6.42 Å². The van der Waals surface area contributed by atoms with Gasteiger partial charge in [-0.15, -0.1) is 0 Å². The molecule has 1 amide bonds. The third-order valence-corrected chi connectivity index (χ3v) is 4.02. The highest BCUT2D eigenvalue weighted by Crippen LogP contribution is 2.24. The number of nitrogens with zero attached hydrogens (tertiary/aromatic N) is 1. The molecule has 0 aliphatic carbocycles. The van der Waals surface area contributed by atoms with E-state index in [0.717, 1.165) is 31.7 Å². The minimum Gasteiger partial charge on any atom is -0.339 e. The van der Waals surface area contributed by atoms with E-state index in [1.165, 1.54) is 6.42 Å². The van der Waals surface area contributed by atoms with Crippen LogP contribution in [0.5, 0.6) is 0 Å². The van der Waals surface area contributed by atoms with Crippen molar-refractivity contribution in [1.29, 1.82) is 0 Å². The van der Waals surface area contributed by atoms with Crippen molar-refractivity contribution in [3.05, 3.63) is 42.0 Å². The monoisotopic (exact) mass is 256 g/mol. The Bertz CT molecular complexity index is 457. The fourth-order valence-electron chi connectivity index (χ4n) is 3.12. The quantitative estimate of drug-likeness (QED) is 0.818. The summed E-state index contributed by atoms with van der Waals surface area (Å²) in [5.74, 6) is 1.43. The molecule has 3 nitrogen and oxygen atoms in total. The van der Waals surface area contributed by atoms with Gasteiger partial charge in [0.25, 0.3) is 0 Å². The molecule has 19 heavy (non-hydrogen) atoms. The summed E-state index contributed by atoms with van der Waals surface area (Å²) in [7, 11) is 0. The number of likely N-dealkylation sites (tertiary alicyclic amines) is 1. The fourth-order valence-corrected chi connectivity index (χ4v) is 3.12. The first-order valence-corrected chi connectivity index (χ1v) is 7.04. The Hall–Kier alpha value is -1.61. The highest BCUT2D eigenvalue weighted by Gasteiger charge is 2.31. The van der Waals surface area contributed by atoms with Gasteiger partial charge < -0.3 is 10.2 Å². The maximum atomic E-state index is 12.2. The summed E-state index contributed by atoms with van der Waals surface area (Å²) in [4.78, 5) is 14.2. The molecule has 1 aromatic carbocycles. The Labute approximate surface area is 114 Å². The Morgan fingerprint density at radius 2 is 1.84 bits per heavy atom. The molecule has 0 radical (unpaired) electrons. The van der Waals surface area contributed by atoms with Gasteiger partial charge in [-0.2, -0.15) is 0 Å². The fraction of sp³-hybridized carbons (Fsp3) is 0.438. The van der Waals surface area contributed by atoms with Crippen LogP contribution in [-0.2, 0) is 4.79 Å². The number of fused-ring (bicyclic) bond motifs is 2. The number of carbonyl (C=O) groups excluding carboxylic acids is 1. The number of hydrogen-bond donors (Lipinski definition) is 1. The minimum atomic E-state index is 0.153. The van der Waals surface area contributed by atoms with Crippen LogP contribution < -0.4 is 5.32 Å². The molecule has 1 aromatic rings. The molecule has 2 aliphatic rings. The number of hydrogen-bond acceptors (Lipinski definition) is 2. The molecule has 1 N–H and O–H groups in total. The molecular weight excluding hydrogens is 236 g/mol. The maximum absolute atomic E-state index is 12.2. The summed E-state index contributed by atoms with van der Waals surface area (Å²) in [5.41, 5.74) is 1.08. The molecule has 2 atom stereocenters. The Balaban J connectivity index is 1.63. The smallest absolute Gasteiger partial charge is 0.246 e. The van der Waals surface area contributed by atoms with E-state index in [2.05, 4.69) is 5.32 Å². The number of piperidine rings is 2. The first kappa shape index (κ1) is 12.4. The van der Waals surface area contributed by atoms with Crippen molar-refractivity contribution in [1.82, 2.24) is 10.2 Å². The number of rotatable bonds is 2. The van der Waals surface area contributed by atoms with Crippen LogP contribution in [0.25, 0.3) is 6.08 Å². The van der Waals surface area contributed by atoms with Crippen LogP contribution in [0, 0.1) is 11.8 Å². The summed E-state index contributed by atoms with van der Waals surface area (Å²) in [6.07, 6.45) is 4.90. The lowest BCUT2D eigenvalue weighted by Gasteiger charge is -2.41. The summed E-state index contributed by atoms with van der Waals surface area (Å²) in [6.45, 7) is 3.92. The van der Waals surface area contributed by atoms with E-state index in [0.29, 0.717) is 11.8 Å². The second-order valence-electron chi connectivity index (χ2n) is 5.61. The van der Waals surface area contributed by atoms with Gasteiger partial charge >= 0.3 is 0 Å². The maximum Gasteiger partial charge on any atom is 0.246 e. The molecule has 2 heterocycles. The molecule has 0 unspecified atom stereocenters. The standard InChI is InChI=1S/C16H20N2O/c19-16(7-6-13-4-2-1-3-5-13)18-11-14-8-15(12-18)10-17-9-14/h1-7,14-15,17H,8-12H2/b7-6+/t14-,15+. The van der Waals surface area contributed by atoms with E-state index in [1.807, 2.05) is 41.3 Å². The Morgan fingerprint density at radius 1 is 1.16 bits per heavy atom. The van der Waals surface area contributed by atoms with Crippen molar-refractivity contribution < 1.29 is 4.79 Å². The average Bonchev–Trinajstić information content (AvgIpc) is 2.45. The van der Waals surface area contributed by atoms with E-state index < -0.39 is 0 Å². The SMILES string of the molecule is O=C(/C=C/c1ccccc1)N1C[C@@H]2CNC[C@@H](C2)C1. The van der Waals surface area contributed by atoms with Crippen LogP contribution in [0.3, 0.4) is 0 Å². The van der Waals surface area contributed by atoms with E-state index in [1.54, 1.807) is 6.08 Å². The van der Waals surface area contributed by atoms with E-state index in [9.17, 15) is 4.79 Å². The Morgan fingerprint density at radius 3 is 2.53 bits per heavy atom. The second-order valence-corrected chi connectivity index (χ2v) is 5.61. The molecular formula is C16H20N2O. The van der Waals surface area contributed by atoms with Gasteiger partial charge in [0.1, 0.15) is 0 Å². The topological polar surface area (TPSA) is 32.3 Å².